The van der Waals surface area contributed by atoms with Crippen molar-refractivity contribution in [2.24, 2.45) is 22.7 Å². The highest BCUT2D eigenvalue weighted by Crippen LogP contribution is 2.60. The minimum atomic E-state index is 0.0849. The van der Waals surface area contributed by atoms with E-state index in [9.17, 15) is 4.79 Å². The van der Waals surface area contributed by atoms with Gasteiger partial charge in [-0.25, -0.2) is 4.79 Å². The van der Waals surface area contributed by atoms with Crippen LogP contribution in [0.4, 0.5) is 0 Å². The van der Waals surface area contributed by atoms with Crippen molar-refractivity contribution in [1.82, 2.24) is 0 Å². The van der Waals surface area contributed by atoms with Gasteiger partial charge in [0.1, 0.15) is 0 Å². The van der Waals surface area contributed by atoms with E-state index < -0.39 is 0 Å². The minimum absolute atomic E-state index is 0.0849. The minimum Gasteiger partial charge on any atom is -0.211 e. The molecule has 3 aliphatic carbocycles. The van der Waals surface area contributed by atoms with Crippen molar-refractivity contribution in [2.45, 2.75) is 44.1 Å². The average Bonchev–Trinajstić information content (AvgIpc) is 2.62. The van der Waals surface area contributed by atoms with Crippen LogP contribution in [-0.2, 0) is 4.79 Å². The maximum absolute atomic E-state index is 10.3. The van der Waals surface area contributed by atoms with Crippen LogP contribution in [0.3, 0.4) is 0 Å². The Balaban J connectivity index is 1.83. The lowest BCUT2D eigenvalue weighted by Crippen LogP contribution is -2.25. The van der Waals surface area contributed by atoms with E-state index in [1.165, 1.54) is 25.7 Å². The van der Waals surface area contributed by atoms with E-state index in [0.29, 0.717) is 0 Å². The van der Waals surface area contributed by atoms with Gasteiger partial charge in [0.2, 0.25) is 6.08 Å². The molecule has 0 aromatic carbocycles. The van der Waals surface area contributed by atoms with Crippen molar-refractivity contribution in [3.63, 3.8) is 0 Å². The molecule has 0 aromatic heterocycles. The van der Waals surface area contributed by atoms with Gasteiger partial charge in [-0.3, -0.25) is 0 Å². The molecular weight excluding hydrogens is 162 g/mol. The van der Waals surface area contributed by atoms with E-state index in [-0.39, 0.29) is 5.54 Å². The van der Waals surface area contributed by atoms with Crippen LogP contribution in [0.25, 0.3) is 0 Å². The Morgan fingerprint density at radius 1 is 1.23 bits per heavy atom. The van der Waals surface area contributed by atoms with Crippen LogP contribution in [0.15, 0.2) is 4.99 Å². The number of hydrogen-bond donors (Lipinski definition) is 0. The Kier molecular flexibility index (Phi) is 1.46. The standard InChI is InChI=1S/C11H15NO/c13-7-12-11(3-4-11)10-6-8-1-2-9(10)5-8/h8-10H,1-6H2. The molecule has 0 spiro atoms. The summed E-state index contributed by atoms with van der Waals surface area (Å²) in [6, 6.07) is 0. The molecule has 0 N–H and O–H groups in total. The van der Waals surface area contributed by atoms with Crippen LogP contribution in [0, 0.1) is 17.8 Å². The molecule has 0 radical (unpaired) electrons. The molecule has 3 saturated carbocycles. The van der Waals surface area contributed by atoms with Crippen molar-refractivity contribution >= 4 is 6.08 Å². The van der Waals surface area contributed by atoms with E-state index in [4.69, 9.17) is 0 Å². The molecule has 3 rings (SSSR count). The molecule has 70 valence electrons. The van der Waals surface area contributed by atoms with Crippen LogP contribution in [0.5, 0.6) is 0 Å². The van der Waals surface area contributed by atoms with E-state index in [0.717, 1.165) is 30.6 Å². The Morgan fingerprint density at radius 3 is 2.54 bits per heavy atom. The summed E-state index contributed by atoms with van der Waals surface area (Å²) in [6.45, 7) is 0. The number of fused-ring (bicyclic) bond motifs is 2. The summed E-state index contributed by atoms with van der Waals surface area (Å²) in [7, 11) is 0. The van der Waals surface area contributed by atoms with Crippen molar-refractivity contribution in [2.75, 3.05) is 0 Å². The zero-order valence-electron chi connectivity index (χ0n) is 7.83. The Hall–Kier alpha value is -0.620. The SMILES string of the molecule is O=C=NC1(C2CC3CCC2C3)CC1. The molecule has 3 unspecified atom stereocenters. The summed E-state index contributed by atoms with van der Waals surface area (Å²) in [6.07, 6.45) is 9.67. The first-order valence-electron chi connectivity index (χ1n) is 5.43. The molecule has 2 bridgehead atoms. The molecule has 3 atom stereocenters. The Morgan fingerprint density at radius 2 is 2.08 bits per heavy atom. The highest BCUT2D eigenvalue weighted by atomic mass is 16.1. The average molecular weight is 177 g/mol. The molecule has 2 nitrogen and oxygen atoms in total. The molecule has 0 aromatic rings. The first-order chi connectivity index (χ1) is 6.34. The monoisotopic (exact) mass is 177 g/mol. The zero-order valence-corrected chi connectivity index (χ0v) is 7.83. The van der Waals surface area contributed by atoms with Crippen LogP contribution >= 0.6 is 0 Å². The summed E-state index contributed by atoms with van der Waals surface area (Å²) in [5.74, 6) is 2.60. The van der Waals surface area contributed by atoms with Crippen LogP contribution in [-0.4, -0.2) is 11.6 Å². The molecule has 2 heteroatoms. The second-order valence-corrected chi connectivity index (χ2v) is 5.09. The third-order valence-electron chi connectivity index (χ3n) is 4.46. The maximum atomic E-state index is 10.3. The lowest BCUT2D eigenvalue weighted by Gasteiger charge is -2.26. The largest absolute Gasteiger partial charge is 0.235 e. The summed E-state index contributed by atoms with van der Waals surface area (Å²) < 4.78 is 0. The molecule has 0 amide bonds. The Bertz CT molecular complexity index is 276. The number of nitrogens with zero attached hydrogens (tertiary/aromatic N) is 1. The number of rotatable bonds is 2. The first kappa shape index (κ1) is 7.75. The highest BCUT2D eigenvalue weighted by Gasteiger charge is 2.57. The third kappa shape index (κ3) is 1.02. The summed E-state index contributed by atoms with van der Waals surface area (Å²) in [4.78, 5) is 14.4. The van der Waals surface area contributed by atoms with Gasteiger partial charge in [-0.15, -0.1) is 0 Å². The predicted molar refractivity (Wildman–Crippen MR) is 49.0 cm³/mol. The summed E-state index contributed by atoms with van der Waals surface area (Å²) in [5, 5.41) is 0. The van der Waals surface area contributed by atoms with Crippen LogP contribution in [0.2, 0.25) is 0 Å². The molecule has 0 heterocycles. The van der Waals surface area contributed by atoms with Crippen molar-refractivity contribution < 1.29 is 4.79 Å². The first-order valence-corrected chi connectivity index (χ1v) is 5.43. The van der Waals surface area contributed by atoms with Crippen LogP contribution in [0.1, 0.15) is 38.5 Å². The summed E-state index contributed by atoms with van der Waals surface area (Å²) >= 11 is 0. The van der Waals surface area contributed by atoms with E-state index >= 15 is 0 Å². The zero-order chi connectivity index (χ0) is 8.89. The van der Waals surface area contributed by atoms with Gasteiger partial charge in [0.15, 0.2) is 0 Å². The second-order valence-electron chi connectivity index (χ2n) is 5.09. The third-order valence-corrected chi connectivity index (χ3v) is 4.46. The smallest absolute Gasteiger partial charge is 0.211 e. The van der Waals surface area contributed by atoms with Gasteiger partial charge < -0.3 is 0 Å². The van der Waals surface area contributed by atoms with Gasteiger partial charge >= 0.3 is 0 Å². The lowest BCUT2D eigenvalue weighted by atomic mass is 9.82. The van der Waals surface area contributed by atoms with Gasteiger partial charge in [-0.05, 0) is 49.9 Å². The normalized spacial score (nSPS) is 44.5. The maximum Gasteiger partial charge on any atom is 0.235 e. The number of carbonyl (C=O) groups excluding carboxylic acids is 1. The fraction of sp³-hybridized carbons (Fsp3) is 0.909. The number of isocyanates is 1. The van der Waals surface area contributed by atoms with Gasteiger partial charge in [0, 0.05) is 0 Å². The van der Waals surface area contributed by atoms with Crippen LogP contribution < -0.4 is 0 Å². The van der Waals surface area contributed by atoms with Gasteiger partial charge in [-0.2, -0.15) is 4.99 Å². The molecule has 3 fully saturated rings. The van der Waals surface area contributed by atoms with Crippen molar-refractivity contribution in [3.05, 3.63) is 0 Å². The quantitative estimate of drug-likeness (QED) is 0.470. The Labute approximate surface area is 78.4 Å². The van der Waals surface area contributed by atoms with Gasteiger partial charge in [0.05, 0.1) is 5.54 Å². The predicted octanol–water partition coefficient (Wildman–Crippen LogP) is 2.29. The fourth-order valence-corrected chi connectivity index (χ4v) is 3.69. The van der Waals surface area contributed by atoms with Crippen molar-refractivity contribution in [1.29, 1.82) is 0 Å². The molecule has 13 heavy (non-hydrogen) atoms. The highest BCUT2D eigenvalue weighted by molar-refractivity contribution is 5.37. The molecule has 0 aliphatic heterocycles. The lowest BCUT2D eigenvalue weighted by molar-refractivity contribution is 0.269. The van der Waals surface area contributed by atoms with E-state index in [2.05, 4.69) is 4.99 Å². The fourth-order valence-electron chi connectivity index (χ4n) is 3.69. The molecule has 3 aliphatic rings. The van der Waals surface area contributed by atoms with E-state index in [1.54, 1.807) is 6.08 Å². The topological polar surface area (TPSA) is 29.4 Å². The second kappa shape index (κ2) is 2.45. The van der Waals surface area contributed by atoms with Gasteiger partial charge in [0.25, 0.3) is 0 Å². The molecule has 0 saturated heterocycles. The molecular formula is C11H15NO. The van der Waals surface area contributed by atoms with Gasteiger partial charge in [-0.1, -0.05) is 6.42 Å². The number of aliphatic imine (C=N–C) groups is 1. The number of hydrogen-bond acceptors (Lipinski definition) is 2. The summed E-state index contributed by atoms with van der Waals surface area (Å²) in [5.41, 5.74) is 0.0849. The van der Waals surface area contributed by atoms with E-state index in [1.807, 2.05) is 0 Å². The van der Waals surface area contributed by atoms with Crippen molar-refractivity contribution in [3.8, 4) is 0 Å².